The summed E-state index contributed by atoms with van der Waals surface area (Å²) in [6.45, 7) is 15.2. The maximum atomic E-state index is 3.66. The van der Waals surface area contributed by atoms with E-state index in [9.17, 15) is 0 Å². The second-order valence-electron chi connectivity index (χ2n) is 6.69. The van der Waals surface area contributed by atoms with Gasteiger partial charge in [0.05, 0.1) is 0 Å². The van der Waals surface area contributed by atoms with Crippen LogP contribution in [0.5, 0.6) is 0 Å². The van der Waals surface area contributed by atoms with E-state index in [0.29, 0.717) is 0 Å². The van der Waals surface area contributed by atoms with E-state index in [1.165, 1.54) is 32.2 Å². The Kier molecular flexibility index (Phi) is 7.25. The molecule has 1 saturated carbocycles. The summed E-state index contributed by atoms with van der Waals surface area (Å²) in [6, 6.07) is 1.62. The van der Waals surface area contributed by atoms with Gasteiger partial charge in [-0.25, -0.2) is 0 Å². The molecule has 0 bridgehead atoms. The molecule has 2 heteroatoms. The zero-order chi connectivity index (χ0) is 13.5. The Hall–Kier alpha value is -0.0800. The predicted molar refractivity (Wildman–Crippen MR) is 81.0 cm³/mol. The Morgan fingerprint density at radius 3 is 2.22 bits per heavy atom. The first kappa shape index (κ1) is 16.0. The van der Waals surface area contributed by atoms with Gasteiger partial charge < -0.3 is 5.32 Å². The topological polar surface area (TPSA) is 15.3 Å². The van der Waals surface area contributed by atoms with E-state index >= 15 is 0 Å². The fraction of sp³-hybridized carbons (Fsp3) is 1.00. The van der Waals surface area contributed by atoms with E-state index in [-0.39, 0.29) is 0 Å². The van der Waals surface area contributed by atoms with Crippen molar-refractivity contribution in [1.82, 2.24) is 10.2 Å². The lowest BCUT2D eigenvalue weighted by molar-refractivity contribution is 0.139. The number of nitrogens with zero attached hydrogens (tertiary/aromatic N) is 1. The Bertz CT molecular complexity index is 209. The predicted octanol–water partition coefficient (Wildman–Crippen LogP) is 3.52. The van der Waals surface area contributed by atoms with E-state index in [4.69, 9.17) is 0 Å². The molecule has 0 aromatic heterocycles. The number of nitrogens with one attached hydrogen (secondary N) is 1. The van der Waals surface area contributed by atoms with Crippen molar-refractivity contribution in [3.8, 4) is 0 Å². The molecule has 18 heavy (non-hydrogen) atoms. The fourth-order valence-electron chi connectivity index (χ4n) is 2.62. The Balaban J connectivity index is 2.45. The fourth-order valence-corrected chi connectivity index (χ4v) is 2.62. The molecule has 0 radical (unpaired) electrons. The molecule has 0 aromatic rings. The molecule has 1 N–H and O–H groups in total. The van der Waals surface area contributed by atoms with Crippen LogP contribution in [0, 0.1) is 11.8 Å². The molecule has 108 valence electrons. The molecule has 0 saturated heterocycles. The maximum Gasteiger partial charge on any atom is 0.0246 e. The molecule has 1 aliphatic rings. The van der Waals surface area contributed by atoms with Gasteiger partial charge in [-0.05, 0) is 44.2 Å². The third-order valence-electron chi connectivity index (χ3n) is 3.89. The molecule has 2 nitrogen and oxygen atoms in total. The highest BCUT2D eigenvalue weighted by Crippen LogP contribution is 2.30. The van der Waals surface area contributed by atoms with Gasteiger partial charge >= 0.3 is 0 Å². The first-order valence-corrected chi connectivity index (χ1v) is 8.02. The van der Waals surface area contributed by atoms with Gasteiger partial charge in [0.15, 0.2) is 0 Å². The standard InChI is InChI=1S/C16H34N2/c1-6-7-10-18(15-8-9-15)16(14(4)5)12-17-11-13(2)3/h13-17H,6-12H2,1-5H3. The summed E-state index contributed by atoms with van der Waals surface area (Å²) in [5, 5.41) is 3.66. The van der Waals surface area contributed by atoms with Crippen molar-refractivity contribution in [2.45, 2.75) is 72.4 Å². The van der Waals surface area contributed by atoms with Crippen LogP contribution in [0.3, 0.4) is 0 Å². The minimum atomic E-state index is 0.725. The van der Waals surface area contributed by atoms with Gasteiger partial charge in [0.25, 0.3) is 0 Å². The van der Waals surface area contributed by atoms with Crippen molar-refractivity contribution >= 4 is 0 Å². The molecule has 1 atom stereocenters. The van der Waals surface area contributed by atoms with Crippen LogP contribution in [0.1, 0.15) is 60.3 Å². The third kappa shape index (κ3) is 5.71. The van der Waals surface area contributed by atoms with E-state index in [0.717, 1.165) is 37.0 Å². The maximum absolute atomic E-state index is 3.66. The number of rotatable bonds is 10. The summed E-state index contributed by atoms with van der Waals surface area (Å²) in [5.74, 6) is 1.50. The summed E-state index contributed by atoms with van der Waals surface area (Å²) >= 11 is 0. The van der Waals surface area contributed by atoms with Crippen molar-refractivity contribution < 1.29 is 0 Å². The Morgan fingerprint density at radius 2 is 1.78 bits per heavy atom. The molecule has 1 unspecified atom stereocenters. The van der Waals surface area contributed by atoms with Crippen LogP contribution >= 0.6 is 0 Å². The Labute approximate surface area is 115 Å². The van der Waals surface area contributed by atoms with Gasteiger partial charge in [-0.2, -0.15) is 0 Å². The van der Waals surface area contributed by atoms with Crippen LogP contribution in [-0.4, -0.2) is 36.6 Å². The van der Waals surface area contributed by atoms with Gasteiger partial charge in [-0.3, -0.25) is 4.90 Å². The van der Waals surface area contributed by atoms with Gasteiger partial charge in [0.1, 0.15) is 0 Å². The Morgan fingerprint density at radius 1 is 1.11 bits per heavy atom. The highest BCUT2D eigenvalue weighted by molar-refractivity contribution is 4.90. The van der Waals surface area contributed by atoms with Gasteiger partial charge in [-0.15, -0.1) is 0 Å². The average Bonchev–Trinajstić information content (AvgIpc) is 3.10. The van der Waals surface area contributed by atoms with Crippen LogP contribution in [0.25, 0.3) is 0 Å². The first-order chi connectivity index (χ1) is 8.56. The smallest absolute Gasteiger partial charge is 0.0246 e. The molecular formula is C16H34N2. The molecule has 0 aliphatic heterocycles. The van der Waals surface area contributed by atoms with E-state index in [1.807, 2.05) is 0 Å². The second-order valence-corrected chi connectivity index (χ2v) is 6.69. The minimum absolute atomic E-state index is 0.725. The SMILES string of the molecule is CCCCN(C1CC1)C(CNCC(C)C)C(C)C. The normalized spacial score (nSPS) is 18.0. The lowest BCUT2D eigenvalue weighted by Gasteiger charge is -2.35. The first-order valence-electron chi connectivity index (χ1n) is 8.02. The molecule has 1 rings (SSSR count). The quantitative estimate of drug-likeness (QED) is 0.642. The van der Waals surface area contributed by atoms with Crippen molar-refractivity contribution in [1.29, 1.82) is 0 Å². The summed E-state index contributed by atoms with van der Waals surface area (Å²) in [4.78, 5) is 2.79. The van der Waals surface area contributed by atoms with Crippen LogP contribution in [0.2, 0.25) is 0 Å². The van der Waals surface area contributed by atoms with Crippen molar-refractivity contribution in [3.63, 3.8) is 0 Å². The highest BCUT2D eigenvalue weighted by atomic mass is 15.2. The van der Waals surface area contributed by atoms with Crippen molar-refractivity contribution in [2.24, 2.45) is 11.8 Å². The van der Waals surface area contributed by atoms with Gasteiger partial charge in [0, 0.05) is 18.6 Å². The second kappa shape index (κ2) is 8.16. The van der Waals surface area contributed by atoms with E-state index in [2.05, 4.69) is 44.8 Å². The molecule has 1 aliphatic carbocycles. The molecule has 0 aromatic carbocycles. The highest BCUT2D eigenvalue weighted by Gasteiger charge is 2.34. The number of hydrogen-bond acceptors (Lipinski definition) is 2. The van der Waals surface area contributed by atoms with Gasteiger partial charge in [-0.1, -0.05) is 41.0 Å². The monoisotopic (exact) mass is 254 g/mol. The average molecular weight is 254 g/mol. The summed E-state index contributed by atoms with van der Waals surface area (Å²) in [5.41, 5.74) is 0. The number of hydrogen-bond donors (Lipinski definition) is 1. The van der Waals surface area contributed by atoms with Gasteiger partial charge in [0.2, 0.25) is 0 Å². The third-order valence-corrected chi connectivity index (χ3v) is 3.89. The molecule has 1 fully saturated rings. The summed E-state index contributed by atoms with van der Waals surface area (Å²) in [6.07, 6.45) is 5.52. The minimum Gasteiger partial charge on any atom is -0.315 e. The molecule has 0 heterocycles. The number of unbranched alkanes of at least 4 members (excludes halogenated alkanes) is 1. The van der Waals surface area contributed by atoms with Crippen LogP contribution in [-0.2, 0) is 0 Å². The van der Waals surface area contributed by atoms with E-state index in [1.54, 1.807) is 0 Å². The van der Waals surface area contributed by atoms with Crippen LogP contribution in [0.15, 0.2) is 0 Å². The summed E-state index contributed by atoms with van der Waals surface area (Å²) < 4.78 is 0. The van der Waals surface area contributed by atoms with E-state index < -0.39 is 0 Å². The van der Waals surface area contributed by atoms with Crippen LogP contribution < -0.4 is 5.32 Å². The molecular weight excluding hydrogens is 220 g/mol. The largest absolute Gasteiger partial charge is 0.315 e. The zero-order valence-electron chi connectivity index (χ0n) is 13.2. The summed E-state index contributed by atoms with van der Waals surface area (Å²) in [7, 11) is 0. The zero-order valence-corrected chi connectivity index (χ0v) is 13.2. The lowest BCUT2D eigenvalue weighted by Crippen LogP contribution is -2.47. The van der Waals surface area contributed by atoms with Crippen molar-refractivity contribution in [2.75, 3.05) is 19.6 Å². The van der Waals surface area contributed by atoms with Crippen LogP contribution in [0.4, 0.5) is 0 Å². The molecule has 0 amide bonds. The van der Waals surface area contributed by atoms with Crippen molar-refractivity contribution in [3.05, 3.63) is 0 Å². The molecule has 0 spiro atoms. The lowest BCUT2D eigenvalue weighted by atomic mass is 10.0.